The maximum atomic E-state index is 9.41. The van der Waals surface area contributed by atoms with Crippen molar-refractivity contribution in [1.29, 1.82) is 5.26 Å². The third kappa shape index (κ3) is 9.60. The Hall–Kier alpha value is 0.336. The predicted octanol–water partition coefficient (Wildman–Crippen LogP) is -4.18. The van der Waals surface area contributed by atoms with Crippen LogP contribution in [0, 0.1) is 11.3 Å². The molecule has 0 saturated heterocycles. The molecule has 0 N–H and O–H groups in total. The Bertz CT molecular complexity index is 135. The Kier molecular flexibility index (Phi) is 10.2. The summed E-state index contributed by atoms with van der Waals surface area (Å²) in [6.45, 7) is 0. The van der Waals surface area contributed by atoms with E-state index in [0.29, 0.717) is 6.08 Å². The Labute approximate surface area is 89.4 Å². The minimum atomic E-state index is -1.35. The van der Waals surface area contributed by atoms with Gasteiger partial charge in [-0.25, -0.2) is 0 Å². The molecule has 3 nitrogen and oxygen atoms in total. The van der Waals surface area contributed by atoms with Crippen LogP contribution in [0.4, 0.5) is 0 Å². The van der Waals surface area contributed by atoms with Gasteiger partial charge in [-0.1, -0.05) is 0 Å². The van der Waals surface area contributed by atoms with Crippen molar-refractivity contribution in [3.8, 4) is 6.07 Å². The first-order valence-corrected chi connectivity index (χ1v) is 1.54. The fourth-order valence-electron chi connectivity index (χ4n) is 0.105. The van der Waals surface area contributed by atoms with Gasteiger partial charge in [-0.15, -0.1) is 0 Å². The zero-order valence-electron chi connectivity index (χ0n) is 4.42. The van der Waals surface area contributed by atoms with Gasteiger partial charge in [0.25, 0.3) is 0 Å². The van der Waals surface area contributed by atoms with E-state index in [0.717, 1.165) is 6.08 Å². The Morgan fingerprint density at radius 2 is 2.25 bits per heavy atom. The maximum Gasteiger partial charge on any atom is 1.00 e. The second kappa shape index (κ2) is 7.34. The summed E-state index contributed by atoms with van der Waals surface area (Å²) in [6.07, 6.45) is 1.51. The molecule has 0 aromatic rings. The zero-order chi connectivity index (χ0) is 5.70. The van der Waals surface area contributed by atoms with Crippen molar-refractivity contribution in [2.45, 2.75) is 0 Å². The SMILES string of the molecule is N#C/C=C\C(=O)[O-].[K+]. The molecule has 0 bridgehead atoms. The standard InChI is InChI=1S/C4H3NO2.K/c5-3-1-2-4(6)7;/h1-2H,(H,6,7);/q;+1/p-1/b2-1-;. The van der Waals surface area contributed by atoms with Crippen LogP contribution in [-0.4, -0.2) is 5.97 Å². The molecule has 0 amide bonds. The van der Waals surface area contributed by atoms with Crippen molar-refractivity contribution in [1.82, 2.24) is 0 Å². The average Bonchev–Trinajstić information content (AvgIpc) is 1.61. The molecule has 0 saturated carbocycles. The fraction of sp³-hybridized carbons (Fsp3) is 0. The summed E-state index contributed by atoms with van der Waals surface area (Å²) in [6, 6.07) is 1.50. The molecule has 0 aliphatic heterocycles. The van der Waals surface area contributed by atoms with Gasteiger partial charge in [0.1, 0.15) is 0 Å². The van der Waals surface area contributed by atoms with Crippen molar-refractivity contribution >= 4 is 5.97 Å². The van der Waals surface area contributed by atoms with Crippen molar-refractivity contribution in [3.05, 3.63) is 12.2 Å². The van der Waals surface area contributed by atoms with E-state index < -0.39 is 5.97 Å². The Balaban J connectivity index is 0. The molecule has 0 spiro atoms. The monoisotopic (exact) mass is 135 g/mol. The van der Waals surface area contributed by atoms with Gasteiger partial charge in [-0.3, -0.25) is 0 Å². The summed E-state index contributed by atoms with van der Waals surface area (Å²) in [5.41, 5.74) is 0. The predicted molar refractivity (Wildman–Crippen MR) is 19.8 cm³/mol. The molecule has 0 unspecified atom stereocenters. The number of nitrogens with zero attached hydrogens (tertiary/aromatic N) is 1. The minimum Gasteiger partial charge on any atom is -0.545 e. The smallest absolute Gasteiger partial charge is 0.545 e. The number of nitriles is 1. The van der Waals surface area contributed by atoms with Crippen LogP contribution in [0.5, 0.6) is 0 Å². The van der Waals surface area contributed by atoms with Crippen molar-refractivity contribution in [3.63, 3.8) is 0 Å². The molecule has 0 rings (SSSR count). The van der Waals surface area contributed by atoms with Gasteiger partial charge in [0.2, 0.25) is 0 Å². The van der Waals surface area contributed by atoms with Crippen LogP contribution >= 0.6 is 0 Å². The minimum absolute atomic E-state index is 0. The molecule has 0 atom stereocenters. The van der Waals surface area contributed by atoms with E-state index in [4.69, 9.17) is 5.26 Å². The van der Waals surface area contributed by atoms with E-state index >= 15 is 0 Å². The summed E-state index contributed by atoms with van der Waals surface area (Å²) >= 11 is 0. The maximum absolute atomic E-state index is 9.41. The van der Waals surface area contributed by atoms with Gasteiger partial charge in [-0.2, -0.15) is 5.26 Å². The number of aliphatic carboxylic acids is 1. The van der Waals surface area contributed by atoms with E-state index in [9.17, 15) is 9.90 Å². The van der Waals surface area contributed by atoms with Gasteiger partial charge >= 0.3 is 51.4 Å². The van der Waals surface area contributed by atoms with E-state index in [2.05, 4.69) is 0 Å². The Morgan fingerprint density at radius 1 is 1.75 bits per heavy atom. The topological polar surface area (TPSA) is 63.9 Å². The molecule has 8 heavy (non-hydrogen) atoms. The first-order chi connectivity index (χ1) is 3.27. The Morgan fingerprint density at radius 3 is 2.38 bits per heavy atom. The molecule has 0 aromatic carbocycles. The molecule has 4 heteroatoms. The number of carbonyl (C=O) groups excluding carboxylic acids is 1. The summed E-state index contributed by atoms with van der Waals surface area (Å²) in [5, 5.41) is 17.1. The van der Waals surface area contributed by atoms with Crippen LogP contribution in [0.3, 0.4) is 0 Å². The molecule has 0 aliphatic rings. The van der Waals surface area contributed by atoms with Crippen LogP contribution in [0.15, 0.2) is 12.2 Å². The molecule has 0 fully saturated rings. The molecular formula is C4H2KNO2. The normalized spacial score (nSPS) is 7.38. The van der Waals surface area contributed by atoms with Crippen LogP contribution in [0.25, 0.3) is 0 Å². The first-order valence-electron chi connectivity index (χ1n) is 1.54. The number of rotatable bonds is 1. The van der Waals surface area contributed by atoms with E-state index in [1.165, 1.54) is 6.07 Å². The van der Waals surface area contributed by atoms with Crippen LogP contribution in [0.1, 0.15) is 0 Å². The largest absolute Gasteiger partial charge is 1.00 e. The average molecular weight is 135 g/mol. The second-order valence-corrected chi connectivity index (χ2v) is 0.781. The molecule has 0 aromatic heterocycles. The van der Waals surface area contributed by atoms with Crippen LogP contribution < -0.4 is 56.5 Å². The van der Waals surface area contributed by atoms with Crippen molar-refractivity contribution in [2.24, 2.45) is 0 Å². The quantitative estimate of drug-likeness (QED) is 0.208. The molecule has 0 heterocycles. The number of hydrogen-bond donors (Lipinski definition) is 0. The number of carbonyl (C=O) groups is 1. The number of carboxylic acid groups (broad SMARTS) is 1. The van der Waals surface area contributed by atoms with Crippen molar-refractivity contribution < 1.29 is 61.3 Å². The zero-order valence-corrected chi connectivity index (χ0v) is 7.54. The summed E-state index contributed by atoms with van der Waals surface area (Å²) in [7, 11) is 0. The van der Waals surface area contributed by atoms with Crippen LogP contribution in [-0.2, 0) is 4.79 Å². The number of hydrogen-bond acceptors (Lipinski definition) is 3. The molecule has 0 radical (unpaired) electrons. The van der Waals surface area contributed by atoms with Gasteiger partial charge in [-0.05, 0) is 6.08 Å². The second-order valence-electron chi connectivity index (χ2n) is 0.781. The van der Waals surface area contributed by atoms with E-state index in [-0.39, 0.29) is 51.4 Å². The van der Waals surface area contributed by atoms with Gasteiger partial charge in [0.15, 0.2) is 0 Å². The fourth-order valence-corrected chi connectivity index (χ4v) is 0.105. The summed E-state index contributed by atoms with van der Waals surface area (Å²) in [4.78, 5) is 9.41. The third-order valence-corrected chi connectivity index (χ3v) is 0.294. The summed E-state index contributed by atoms with van der Waals surface area (Å²) < 4.78 is 0. The van der Waals surface area contributed by atoms with Gasteiger partial charge in [0.05, 0.1) is 12.0 Å². The van der Waals surface area contributed by atoms with Crippen LogP contribution in [0.2, 0.25) is 0 Å². The molecular weight excluding hydrogens is 133 g/mol. The van der Waals surface area contributed by atoms with E-state index in [1.807, 2.05) is 0 Å². The number of allylic oxidation sites excluding steroid dienone is 1. The van der Waals surface area contributed by atoms with Gasteiger partial charge in [0, 0.05) is 6.08 Å². The first kappa shape index (κ1) is 11.2. The van der Waals surface area contributed by atoms with Crippen molar-refractivity contribution in [2.75, 3.05) is 0 Å². The van der Waals surface area contributed by atoms with E-state index in [1.54, 1.807) is 0 Å². The molecule has 36 valence electrons. The summed E-state index contributed by atoms with van der Waals surface area (Å²) in [5.74, 6) is -1.35. The third-order valence-electron chi connectivity index (χ3n) is 0.294. The van der Waals surface area contributed by atoms with Gasteiger partial charge < -0.3 is 9.90 Å². The molecule has 0 aliphatic carbocycles. The number of carboxylic acids is 1.